The van der Waals surface area contributed by atoms with Gasteiger partial charge in [-0.25, -0.2) is 4.39 Å². The molecule has 1 atom stereocenters. The largest absolute Gasteiger partial charge is 0.398 e. The lowest BCUT2D eigenvalue weighted by Gasteiger charge is -2.07. The molecule has 0 aliphatic carbocycles. The van der Waals surface area contributed by atoms with Crippen molar-refractivity contribution >= 4 is 39.7 Å². The van der Waals surface area contributed by atoms with E-state index in [0.29, 0.717) is 20.5 Å². The van der Waals surface area contributed by atoms with E-state index in [2.05, 4.69) is 0 Å². The van der Waals surface area contributed by atoms with Gasteiger partial charge >= 0.3 is 0 Å². The van der Waals surface area contributed by atoms with Crippen LogP contribution in [0.25, 0.3) is 0 Å². The Morgan fingerprint density at radius 3 is 2.53 bits per heavy atom. The zero-order chi connectivity index (χ0) is 14.0. The van der Waals surface area contributed by atoms with Crippen molar-refractivity contribution in [2.75, 3.05) is 5.73 Å². The molecule has 1 unspecified atom stereocenters. The van der Waals surface area contributed by atoms with E-state index in [1.165, 1.54) is 12.1 Å². The fourth-order valence-electron chi connectivity index (χ4n) is 1.58. The van der Waals surface area contributed by atoms with Crippen molar-refractivity contribution in [2.24, 2.45) is 0 Å². The van der Waals surface area contributed by atoms with Crippen molar-refractivity contribution in [1.82, 2.24) is 0 Å². The van der Waals surface area contributed by atoms with Crippen LogP contribution < -0.4 is 5.73 Å². The molecule has 2 nitrogen and oxygen atoms in total. The van der Waals surface area contributed by atoms with Crippen LogP contribution in [0.1, 0.15) is 5.56 Å². The summed E-state index contributed by atoms with van der Waals surface area (Å²) in [7, 11) is -1.39. The molecular formula is C13H10Cl2FNOS. The van der Waals surface area contributed by atoms with Gasteiger partial charge in [-0.2, -0.15) is 0 Å². The topological polar surface area (TPSA) is 43.1 Å². The minimum atomic E-state index is -1.39. The molecule has 0 aliphatic heterocycles. The molecule has 0 aromatic heterocycles. The highest BCUT2D eigenvalue weighted by Gasteiger charge is 2.12. The molecule has 2 N–H and O–H groups in total. The molecule has 0 heterocycles. The molecule has 0 spiro atoms. The molecule has 100 valence electrons. The molecule has 0 radical (unpaired) electrons. The predicted octanol–water partition coefficient (Wildman–Crippen LogP) is 4.02. The highest BCUT2D eigenvalue weighted by Crippen LogP contribution is 2.25. The number of hydrogen-bond acceptors (Lipinski definition) is 2. The fourth-order valence-corrected chi connectivity index (χ4v) is 3.37. The molecule has 2 aromatic carbocycles. The summed E-state index contributed by atoms with van der Waals surface area (Å²) in [6.07, 6.45) is 0. The summed E-state index contributed by atoms with van der Waals surface area (Å²) in [5.41, 5.74) is 6.52. The Hall–Kier alpha value is -1.10. The van der Waals surface area contributed by atoms with Gasteiger partial charge in [-0.15, -0.1) is 0 Å². The van der Waals surface area contributed by atoms with Gasteiger partial charge in [0.25, 0.3) is 0 Å². The van der Waals surface area contributed by atoms with E-state index in [0.717, 1.165) is 6.07 Å². The number of hydrogen-bond donors (Lipinski definition) is 1. The first kappa shape index (κ1) is 14.3. The van der Waals surface area contributed by atoms with Crippen LogP contribution in [0.15, 0.2) is 41.3 Å². The van der Waals surface area contributed by atoms with Crippen LogP contribution in [0.4, 0.5) is 10.1 Å². The number of nitrogens with two attached hydrogens (primary N) is 1. The van der Waals surface area contributed by atoms with Gasteiger partial charge in [0.15, 0.2) is 0 Å². The van der Waals surface area contributed by atoms with Crippen LogP contribution in [0.2, 0.25) is 10.0 Å². The third-order valence-corrected chi connectivity index (χ3v) is 4.54. The Kier molecular flexibility index (Phi) is 4.45. The summed E-state index contributed by atoms with van der Waals surface area (Å²) in [5.74, 6) is -0.256. The Morgan fingerprint density at radius 2 is 1.89 bits per heavy atom. The first-order valence-corrected chi connectivity index (χ1v) is 7.42. The summed E-state index contributed by atoms with van der Waals surface area (Å²) in [4.78, 5) is 0.396. The van der Waals surface area contributed by atoms with Crippen molar-refractivity contribution in [3.05, 3.63) is 57.8 Å². The summed E-state index contributed by atoms with van der Waals surface area (Å²) < 4.78 is 25.1. The number of anilines is 1. The summed E-state index contributed by atoms with van der Waals surface area (Å²) in [6.45, 7) is 0. The van der Waals surface area contributed by atoms with Crippen molar-refractivity contribution in [3.8, 4) is 0 Å². The number of rotatable bonds is 3. The molecule has 0 amide bonds. The van der Waals surface area contributed by atoms with Gasteiger partial charge in [0, 0.05) is 10.0 Å². The monoisotopic (exact) mass is 317 g/mol. The minimum Gasteiger partial charge on any atom is -0.398 e. The molecule has 0 aliphatic rings. The van der Waals surface area contributed by atoms with Crippen molar-refractivity contribution < 1.29 is 8.60 Å². The van der Waals surface area contributed by atoms with E-state index in [1.807, 2.05) is 0 Å². The van der Waals surface area contributed by atoms with E-state index in [9.17, 15) is 8.60 Å². The molecule has 0 saturated carbocycles. The molecule has 0 bridgehead atoms. The second kappa shape index (κ2) is 5.90. The maximum atomic E-state index is 12.9. The van der Waals surface area contributed by atoms with Gasteiger partial charge in [-0.3, -0.25) is 4.21 Å². The third kappa shape index (κ3) is 3.47. The Labute approximate surface area is 122 Å². The van der Waals surface area contributed by atoms with E-state index in [4.69, 9.17) is 28.9 Å². The quantitative estimate of drug-likeness (QED) is 0.869. The molecule has 2 rings (SSSR count). The second-order valence-electron chi connectivity index (χ2n) is 3.91. The lowest BCUT2D eigenvalue weighted by molar-refractivity contribution is 0.627. The average molecular weight is 318 g/mol. The highest BCUT2D eigenvalue weighted by molar-refractivity contribution is 7.84. The Bertz CT molecular complexity index is 649. The standard InChI is InChI=1S/C13H10Cl2FNOS/c14-9-2-1-8(11(15)5-9)7-19(18)13-4-3-10(16)6-12(13)17/h1-6H,7,17H2. The van der Waals surface area contributed by atoms with Crippen LogP contribution in [0.3, 0.4) is 0 Å². The van der Waals surface area contributed by atoms with Gasteiger partial charge < -0.3 is 5.73 Å². The maximum Gasteiger partial charge on any atom is 0.125 e. The normalized spacial score (nSPS) is 12.4. The zero-order valence-corrected chi connectivity index (χ0v) is 12.0. The van der Waals surface area contributed by atoms with E-state index in [1.54, 1.807) is 18.2 Å². The van der Waals surface area contributed by atoms with Crippen molar-refractivity contribution in [2.45, 2.75) is 10.6 Å². The van der Waals surface area contributed by atoms with Gasteiger partial charge in [0.2, 0.25) is 0 Å². The molecule has 2 aromatic rings. The van der Waals surface area contributed by atoms with Crippen molar-refractivity contribution in [3.63, 3.8) is 0 Å². The summed E-state index contributed by atoms with van der Waals surface area (Å²) >= 11 is 11.8. The number of nitrogen functional groups attached to an aromatic ring is 1. The van der Waals surface area contributed by atoms with Gasteiger partial charge in [0.05, 0.1) is 27.1 Å². The fraction of sp³-hybridized carbons (Fsp3) is 0.0769. The summed E-state index contributed by atoms with van der Waals surface area (Å²) in [6, 6.07) is 8.77. The molecule has 0 fully saturated rings. The number of halogens is 3. The molecule has 6 heteroatoms. The highest BCUT2D eigenvalue weighted by atomic mass is 35.5. The van der Waals surface area contributed by atoms with Gasteiger partial charge in [-0.05, 0) is 35.9 Å². The lowest BCUT2D eigenvalue weighted by atomic mass is 10.2. The summed E-state index contributed by atoms with van der Waals surface area (Å²) in [5, 5.41) is 0.961. The first-order valence-electron chi connectivity index (χ1n) is 5.34. The van der Waals surface area contributed by atoms with Crippen LogP contribution in [-0.2, 0) is 16.6 Å². The van der Waals surface area contributed by atoms with Crippen LogP contribution in [0, 0.1) is 5.82 Å². The smallest absolute Gasteiger partial charge is 0.125 e. The Morgan fingerprint density at radius 1 is 1.16 bits per heavy atom. The predicted molar refractivity (Wildman–Crippen MR) is 77.4 cm³/mol. The van der Waals surface area contributed by atoms with E-state index in [-0.39, 0.29) is 11.4 Å². The van der Waals surface area contributed by atoms with Crippen LogP contribution >= 0.6 is 23.2 Å². The minimum absolute atomic E-state index is 0.170. The zero-order valence-electron chi connectivity index (χ0n) is 9.70. The maximum absolute atomic E-state index is 12.9. The van der Waals surface area contributed by atoms with Gasteiger partial charge in [-0.1, -0.05) is 29.3 Å². The van der Waals surface area contributed by atoms with Crippen LogP contribution in [0.5, 0.6) is 0 Å². The SMILES string of the molecule is Nc1cc(F)ccc1S(=O)Cc1ccc(Cl)cc1Cl. The van der Waals surface area contributed by atoms with Crippen molar-refractivity contribution in [1.29, 1.82) is 0 Å². The molecule has 19 heavy (non-hydrogen) atoms. The number of benzene rings is 2. The van der Waals surface area contributed by atoms with E-state index < -0.39 is 16.6 Å². The average Bonchev–Trinajstić information content (AvgIpc) is 2.32. The molecule has 0 saturated heterocycles. The van der Waals surface area contributed by atoms with Gasteiger partial charge in [0.1, 0.15) is 5.82 Å². The second-order valence-corrected chi connectivity index (χ2v) is 6.17. The third-order valence-electron chi connectivity index (χ3n) is 2.52. The van der Waals surface area contributed by atoms with E-state index >= 15 is 0 Å². The first-order chi connectivity index (χ1) is 8.97. The molecular weight excluding hydrogens is 308 g/mol. The lowest BCUT2D eigenvalue weighted by Crippen LogP contribution is -2.02. The van der Waals surface area contributed by atoms with Crippen LogP contribution in [-0.4, -0.2) is 4.21 Å². The Balaban J connectivity index is 2.25.